The van der Waals surface area contributed by atoms with Crippen LogP contribution >= 0.6 is 12.4 Å². The minimum Gasteiger partial charge on any atom is -0.340 e. The van der Waals surface area contributed by atoms with Gasteiger partial charge in [0, 0.05) is 31.1 Å². The van der Waals surface area contributed by atoms with E-state index in [2.05, 4.69) is 10.2 Å². The van der Waals surface area contributed by atoms with Crippen molar-refractivity contribution in [3.63, 3.8) is 0 Å². The summed E-state index contributed by atoms with van der Waals surface area (Å²) < 4.78 is 0. The van der Waals surface area contributed by atoms with E-state index in [-0.39, 0.29) is 12.4 Å². The molecule has 0 aromatic heterocycles. The van der Waals surface area contributed by atoms with Gasteiger partial charge in [-0.2, -0.15) is 0 Å². The summed E-state index contributed by atoms with van der Waals surface area (Å²) in [4.78, 5) is 15.2. The fourth-order valence-corrected chi connectivity index (χ4v) is 5.92. The van der Waals surface area contributed by atoms with Crippen molar-refractivity contribution in [3.8, 4) is 0 Å². The first-order chi connectivity index (χ1) is 11.3. The Hall–Kier alpha value is -0.280. The van der Waals surface area contributed by atoms with Crippen molar-refractivity contribution in [2.45, 2.75) is 102 Å². The average Bonchev–Trinajstić information content (AvgIpc) is 3.15. The van der Waals surface area contributed by atoms with E-state index in [4.69, 9.17) is 0 Å². The molecule has 4 rings (SSSR count). The molecule has 3 unspecified atom stereocenters. The summed E-state index contributed by atoms with van der Waals surface area (Å²) in [6.07, 6.45) is 16.9. The normalized spacial score (nSPS) is 36.6. The zero-order chi connectivity index (χ0) is 15.6. The summed E-state index contributed by atoms with van der Waals surface area (Å²) in [7, 11) is 0. The summed E-state index contributed by atoms with van der Waals surface area (Å²) in [5.41, 5.74) is 0. The molecule has 0 radical (unpaired) electrons. The lowest BCUT2D eigenvalue weighted by molar-refractivity contribution is -0.133. The predicted octanol–water partition coefficient (Wildman–Crippen LogP) is 4.29. The van der Waals surface area contributed by atoms with Gasteiger partial charge in [-0.25, -0.2) is 0 Å². The molecule has 4 fully saturated rings. The highest BCUT2D eigenvalue weighted by atomic mass is 35.5. The molecule has 0 aromatic carbocycles. The minimum absolute atomic E-state index is 0. The maximum atomic E-state index is 12.9. The number of nitrogens with one attached hydrogen (secondary N) is 1. The summed E-state index contributed by atoms with van der Waals surface area (Å²) >= 11 is 0. The maximum Gasteiger partial charge on any atom is 0.223 e. The second-order valence-electron chi connectivity index (χ2n) is 8.80. The second kappa shape index (κ2) is 8.40. The zero-order valence-corrected chi connectivity index (χ0v) is 15.9. The van der Waals surface area contributed by atoms with E-state index in [1.807, 2.05) is 0 Å². The van der Waals surface area contributed by atoms with Gasteiger partial charge < -0.3 is 10.2 Å². The van der Waals surface area contributed by atoms with Gasteiger partial charge in [0.25, 0.3) is 0 Å². The molecule has 3 saturated heterocycles. The first kappa shape index (κ1) is 18.5. The Labute approximate surface area is 153 Å². The molecule has 3 atom stereocenters. The molecule has 0 aromatic rings. The van der Waals surface area contributed by atoms with Gasteiger partial charge in [0.05, 0.1) is 0 Å². The van der Waals surface area contributed by atoms with Gasteiger partial charge in [0.15, 0.2) is 0 Å². The third-order valence-electron chi connectivity index (χ3n) is 7.06. The first-order valence-electron chi connectivity index (χ1n) is 10.3. The Kier molecular flexibility index (Phi) is 6.48. The van der Waals surface area contributed by atoms with Crippen molar-refractivity contribution in [2.75, 3.05) is 6.54 Å². The topological polar surface area (TPSA) is 32.3 Å². The smallest absolute Gasteiger partial charge is 0.223 e. The number of fused-ring (bicyclic) bond motifs is 2. The van der Waals surface area contributed by atoms with Gasteiger partial charge in [0.2, 0.25) is 5.91 Å². The van der Waals surface area contributed by atoms with Crippen molar-refractivity contribution < 1.29 is 4.79 Å². The zero-order valence-electron chi connectivity index (χ0n) is 15.0. The van der Waals surface area contributed by atoms with E-state index in [1.54, 1.807) is 0 Å². The molecule has 138 valence electrons. The fourth-order valence-electron chi connectivity index (χ4n) is 5.92. The largest absolute Gasteiger partial charge is 0.340 e. The van der Waals surface area contributed by atoms with Gasteiger partial charge in [-0.3, -0.25) is 4.79 Å². The van der Waals surface area contributed by atoms with Crippen LogP contribution in [0.3, 0.4) is 0 Å². The fraction of sp³-hybridized carbons (Fsp3) is 0.950. The van der Waals surface area contributed by atoms with Crippen LogP contribution in [0.1, 0.15) is 83.5 Å². The molecule has 0 spiro atoms. The number of halogens is 1. The lowest BCUT2D eigenvalue weighted by Gasteiger charge is -2.33. The van der Waals surface area contributed by atoms with Crippen LogP contribution in [-0.4, -0.2) is 35.5 Å². The highest BCUT2D eigenvalue weighted by Gasteiger charge is 2.37. The summed E-state index contributed by atoms with van der Waals surface area (Å²) in [5, 5.41) is 3.70. The van der Waals surface area contributed by atoms with E-state index < -0.39 is 0 Å². The molecule has 1 saturated carbocycles. The van der Waals surface area contributed by atoms with E-state index in [0.29, 0.717) is 30.0 Å². The monoisotopic (exact) mass is 354 g/mol. The molecule has 1 amide bonds. The molecule has 24 heavy (non-hydrogen) atoms. The first-order valence-corrected chi connectivity index (χ1v) is 10.3. The SMILES string of the molecule is Cl.O=C(CC1CC2CCC(C1)N2)N1CCCC1CC1CCCCC1. The minimum atomic E-state index is 0. The third kappa shape index (κ3) is 4.27. The van der Waals surface area contributed by atoms with Crippen LogP contribution in [0.4, 0.5) is 0 Å². The number of likely N-dealkylation sites (tertiary alicyclic amines) is 1. The van der Waals surface area contributed by atoms with Gasteiger partial charge in [-0.1, -0.05) is 32.1 Å². The average molecular weight is 355 g/mol. The highest BCUT2D eigenvalue weighted by molar-refractivity contribution is 5.85. The summed E-state index contributed by atoms with van der Waals surface area (Å²) in [5.74, 6) is 2.03. The number of nitrogens with zero attached hydrogens (tertiary/aromatic N) is 1. The molecule has 1 aliphatic carbocycles. The van der Waals surface area contributed by atoms with Gasteiger partial charge >= 0.3 is 0 Å². The Morgan fingerprint density at radius 1 is 0.875 bits per heavy atom. The lowest BCUT2D eigenvalue weighted by Crippen LogP contribution is -2.42. The Morgan fingerprint density at radius 3 is 2.29 bits per heavy atom. The molecule has 3 nitrogen and oxygen atoms in total. The van der Waals surface area contributed by atoms with Gasteiger partial charge in [-0.15, -0.1) is 12.4 Å². The van der Waals surface area contributed by atoms with Crippen molar-refractivity contribution in [3.05, 3.63) is 0 Å². The summed E-state index contributed by atoms with van der Waals surface area (Å²) in [6, 6.07) is 2.00. The number of carbonyl (C=O) groups excluding carboxylic acids is 1. The standard InChI is InChI=1S/C20H34N2O.ClH/c23-20(14-16-11-17-8-9-18(12-16)21-17)22-10-4-7-19(22)13-15-5-2-1-3-6-15;/h15-19,21H,1-14H2;1H. The highest BCUT2D eigenvalue weighted by Crippen LogP contribution is 2.35. The Morgan fingerprint density at radius 2 is 1.58 bits per heavy atom. The van der Waals surface area contributed by atoms with Gasteiger partial charge in [0.1, 0.15) is 0 Å². The van der Waals surface area contributed by atoms with Crippen LogP contribution in [0.15, 0.2) is 0 Å². The Bertz CT molecular complexity index is 412. The molecule has 1 N–H and O–H groups in total. The lowest BCUT2D eigenvalue weighted by atomic mass is 9.84. The maximum absolute atomic E-state index is 12.9. The van der Waals surface area contributed by atoms with Crippen molar-refractivity contribution in [1.82, 2.24) is 10.2 Å². The molecule has 3 aliphatic heterocycles. The Balaban J connectivity index is 0.00000169. The predicted molar refractivity (Wildman–Crippen MR) is 100 cm³/mol. The molecule has 4 aliphatic rings. The van der Waals surface area contributed by atoms with Crippen LogP contribution in [0, 0.1) is 11.8 Å². The van der Waals surface area contributed by atoms with Crippen LogP contribution in [0.2, 0.25) is 0 Å². The number of amides is 1. The van der Waals surface area contributed by atoms with Crippen LogP contribution in [-0.2, 0) is 4.79 Å². The van der Waals surface area contributed by atoms with E-state index in [1.165, 1.54) is 77.0 Å². The summed E-state index contributed by atoms with van der Waals surface area (Å²) in [6.45, 7) is 1.04. The molecule has 2 bridgehead atoms. The molecular weight excluding hydrogens is 320 g/mol. The van der Waals surface area contributed by atoms with E-state index in [0.717, 1.165) is 18.9 Å². The van der Waals surface area contributed by atoms with E-state index in [9.17, 15) is 4.79 Å². The number of carbonyl (C=O) groups is 1. The molecular formula is C20H35ClN2O. The van der Waals surface area contributed by atoms with Crippen LogP contribution < -0.4 is 5.32 Å². The quantitative estimate of drug-likeness (QED) is 0.816. The molecule has 3 heterocycles. The number of hydrogen-bond acceptors (Lipinski definition) is 2. The van der Waals surface area contributed by atoms with Crippen LogP contribution in [0.5, 0.6) is 0 Å². The van der Waals surface area contributed by atoms with E-state index >= 15 is 0 Å². The third-order valence-corrected chi connectivity index (χ3v) is 7.06. The van der Waals surface area contributed by atoms with Crippen molar-refractivity contribution in [2.24, 2.45) is 11.8 Å². The number of piperidine rings is 1. The van der Waals surface area contributed by atoms with Crippen molar-refractivity contribution >= 4 is 18.3 Å². The number of rotatable bonds is 4. The molecule has 4 heteroatoms. The number of hydrogen-bond donors (Lipinski definition) is 1. The second-order valence-corrected chi connectivity index (χ2v) is 8.80. The van der Waals surface area contributed by atoms with Gasteiger partial charge in [-0.05, 0) is 56.8 Å². The van der Waals surface area contributed by atoms with Crippen LogP contribution in [0.25, 0.3) is 0 Å². The van der Waals surface area contributed by atoms with Crippen molar-refractivity contribution in [1.29, 1.82) is 0 Å².